The molecular formula is C16H24N2O3S2. The maximum Gasteiger partial charge on any atom is 0.238 e. The number of carbonyl (C=O) groups excluding carboxylic acids is 1. The number of nitrogens with one attached hydrogen (secondary N) is 1. The fraction of sp³-hybridized carbons (Fsp3) is 0.562. The molecule has 1 aromatic rings. The van der Waals surface area contributed by atoms with Crippen molar-refractivity contribution in [2.45, 2.75) is 56.1 Å². The first-order chi connectivity index (χ1) is 10.8. The van der Waals surface area contributed by atoms with E-state index in [-0.39, 0.29) is 10.8 Å². The molecule has 5 nitrogen and oxygen atoms in total. The van der Waals surface area contributed by atoms with Crippen LogP contribution in [0.4, 0.5) is 5.69 Å². The van der Waals surface area contributed by atoms with Crippen LogP contribution in [0.3, 0.4) is 0 Å². The quantitative estimate of drug-likeness (QED) is 0.849. The average molecular weight is 357 g/mol. The van der Waals surface area contributed by atoms with Crippen molar-refractivity contribution in [1.82, 2.24) is 0 Å². The first kappa shape index (κ1) is 18.3. The van der Waals surface area contributed by atoms with Gasteiger partial charge in [-0.2, -0.15) is 0 Å². The summed E-state index contributed by atoms with van der Waals surface area (Å²) >= 11 is 1.69. The van der Waals surface area contributed by atoms with E-state index in [1.807, 2.05) is 6.92 Å². The highest BCUT2D eigenvalue weighted by molar-refractivity contribution is 8.00. The Morgan fingerprint density at radius 1 is 1.26 bits per heavy atom. The van der Waals surface area contributed by atoms with Gasteiger partial charge in [0.05, 0.1) is 10.6 Å². The second kappa shape index (κ2) is 7.68. The molecule has 1 amide bonds. The van der Waals surface area contributed by atoms with Gasteiger partial charge in [-0.1, -0.05) is 19.3 Å². The molecule has 1 fully saturated rings. The van der Waals surface area contributed by atoms with Gasteiger partial charge in [0, 0.05) is 10.9 Å². The SMILES string of the molecule is Cc1cc(S(N)(=O)=O)cc(NC(=O)CSC2CCCCC2)c1C. The van der Waals surface area contributed by atoms with Crippen molar-refractivity contribution in [1.29, 1.82) is 0 Å². The minimum absolute atomic E-state index is 0.0239. The maximum atomic E-state index is 12.2. The first-order valence-electron chi connectivity index (χ1n) is 7.83. The van der Waals surface area contributed by atoms with Crippen molar-refractivity contribution in [3.63, 3.8) is 0 Å². The van der Waals surface area contributed by atoms with Crippen LogP contribution in [0.1, 0.15) is 43.2 Å². The molecule has 1 aromatic carbocycles. The van der Waals surface area contributed by atoms with Crippen LogP contribution in [-0.4, -0.2) is 25.3 Å². The summed E-state index contributed by atoms with van der Waals surface area (Å²) in [5.41, 5.74) is 2.16. The minimum Gasteiger partial charge on any atom is -0.325 e. The lowest BCUT2D eigenvalue weighted by Gasteiger charge is -2.20. The van der Waals surface area contributed by atoms with Crippen LogP contribution in [0.15, 0.2) is 17.0 Å². The molecule has 3 N–H and O–H groups in total. The highest BCUT2D eigenvalue weighted by atomic mass is 32.2. The van der Waals surface area contributed by atoms with E-state index in [2.05, 4.69) is 5.32 Å². The van der Waals surface area contributed by atoms with Gasteiger partial charge >= 0.3 is 0 Å². The van der Waals surface area contributed by atoms with E-state index in [4.69, 9.17) is 5.14 Å². The number of anilines is 1. The van der Waals surface area contributed by atoms with E-state index in [1.165, 1.54) is 44.2 Å². The van der Waals surface area contributed by atoms with Crippen LogP contribution in [0.25, 0.3) is 0 Å². The summed E-state index contributed by atoms with van der Waals surface area (Å²) in [5, 5.41) is 8.57. The zero-order valence-corrected chi connectivity index (χ0v) is 15.2. The Balaban J connectivity index is 2.03. The number of carbonyl (C=O) groups is 1. The average Bonchev–Trinajstić information content (AvgIpc) is 2.49. The Hall–Kier alpha value is -1.05. The lowest BCUT2D eigenvalue weighted by atomic mass is 10.0. The number of rotatable bonds is 5. The van der Waals surface area contributed by atoms with Gasteiger partial charge in [-0.15, -0.1) is 11.8 Å². The summed E-state index contributed by atoms with van der Waals surface area (Å²) in [5.74, 6) is 0.289. The van der Waals surface area contributed by atoms with Gasteiger partial charge in [0.25, 0.3) is 0 Å². The number of hydrogen-bond donors (Lipinski definition) is 2. The second-order valence-corrected chi connectivity index (χ2v) is 8.93. The normalized spacial score (nSPS) is 16.3. The molecule has 0 atom stereocenters. The van der Waals surface area contributed by atoms with Crippen LogP contribution < -0.4 is 10.5 Å². The minimum atomic E-state index is -3.79. The zero-order chi connectivity index (χ0) is 17.0. The smallest absolute Gasteiger partial charge is 0.238 e. The van der Waals surface area contributed by atoms with Gasteiger partial charge in [-0.05, 0) is 49.9 Å². The Morgan fingerprint density at radius 3 is 2.52 bits per heavy atom. The predicted molar refractivity (Wildman–Crippen MR) is 95.2 cm³/mol. The maximum absolute atomic E-state index is 12.2. The highest BCUT2D eigenvalue weighted by Crippen LogP contribution is 2.29. The third-order valence-corrected chi connectivity index (χ3v) is 6.51. The molecule has 0 saturated heterocycles. The van der Waals surface area contributed by atoms with Crippen molar-refractivity contribution < 1.29 is 13.2 Å². The summed E-state index contributed by atoms with van der Waals surface area (Å²) < 4.78 is 23.1. The molecule has 0 aromatic heterocycles. The van der Waals surface area contributed by atoms with E-state index in [0.717, 1.165) is 11.1 Å². The number of aryl methyl sites for hydroxylation is 1. The number of thioether (sulfide) groups is 1. The number of benzene rings is 1. The van der Waals surface area contributed by atoms with Gasteiger partial charge in [-0.25, -0.2) is 13.6 Å². The molecule has 7 heteroatoms. The van der Waals surface area contributed by atoms with E-state index in [9.17, 15) is 13.2 Å². The number of nitrogens with two attached hydrogens (primary N) is 1. The highest BCUT2D eigenvalue weighted by Gasteiger charge is 2.17. The monoisotopic (exact) mass is 356 g/mol. The standard InChI is InChI=1S/C16H24N2O3S2/c1-11-8-14(23(17,20)21)9-15(12(11)2)18-16(19)10-22-13-6-4-3-5-7-13/h8-9,13H,3-7,10H2,1-2H3,(H,18,19)(H2,17,20,21). The zero-order valence-electron chi connectivity index (χ0n) is 13.6. The molecule has 1 saturated carbocycles. The number of hydrogen-bond acceptors (Lipinski definition) is 4. The number of sulfonamides is 1. The molecule has 1 aliphatic rings. The van der Waals surface area contributed by atoms with Gasteiger partial charge in [0.1, 0.15) is 0 Å². The molecule has 0 unspecified atom stereocenters. The fourth-order valence-corrected chi connectivity index (χ4v) is 4.48. The number of primary sulfonamides is 1. The van der Waals surface area contributed by atoms with Crippen molar-refractivity contribution >= 4 is 33.4 Å². The summed E-state index contributed by atoms with van der Waals surface area (Å²) in [4.78, 5) is 12.2. The van der Waals surface area contributed by atoms with Gasteiger partial charge in [-0.3, -0.25) is 4.79 Å². The molecule has 0 spiro atoms. The first-order valence-corrected chi connectivity index (χ1v) is 10.4. The van der Waals surface area contributed by atoms with Crippen LogP contribution in [-0.2, 0) is 14.8 Å². The Bertz CT molecular complexity index is 681. The van der Waals surface area contributed by atoms with E-state index in [0.29, 0.717) is 16.7 Å². The molecular weight excluding hydrogens is 332 g/mol. The molecule has 0 aliphatic heterocycles. The van der Waals surface area contributed by atoms with Gasteiger partial charge in [0.2, 0.25) is 15.9 Å². The molecule has 23 heavy (non-hydrogen) atoms. The Morgan fingerprint density at radius 2 is 1.91 bits per heavy atom. The van der Waals surface area contributed by atoms with Gasteiger partial charge in [0.15, 0.2) is 0 Å². The molecule has 2 rings (SSSR count). The van der Waals surface area contributed by atoms with E-state index in [1.54, 1.807) is 18.7 Å². The second-order valence-electron chi connectivity index (χ2n) is 6.08. The topological polar surface area (TPSA) is 89.3 Å². The Kier molecular flexibility index (Phi) is 6.11. The molecule has 0 heterocycles. The molecule has 0 bridgehead atoms. The van der Waals surface area contributed by atoms with Crippen LogP contribution >= 0.6 is 11.8 Å². The van der Waals surface area contributed by atoms with Crippen molar-refractivity contribution in [3.8, 4) is 0 Å². The largest absolute Gasteiger partial charge is 0.325 e. The van der Waals surface area contributed by atoms with E-state index < -0.39 is 10.0 Å². The lowest BCUT2D eigenvalue weighted by molar-refractivity contribution is -0.113. The van der Waals surface area contributed by atoms with Gasteiger partial charge < -0.3 is 5.32 Å². The van der Waals surface area contributed by atoms with Crippen molar-refractivity contribution in [2.24, 2.45) is 5.14 Å². The molecule has 0 radical (unpaired) electrons. The molecule has 128 valence electrons. The van der Waals surface area contributed by atoms with E-state index >= 15 is 0 Å². The van der Waals surface area contributed by atoms with Crippen LogP contribution in [0, 0.1) is 13.8 Å². The third kappa shape index (κ3) is 5.22. The Labute approximate surface area is 142 Å². The summed E-state index contributed by atoms with van der Waals surface area (Å²) in [6, 6.07) is 2.96. The van der Waals surface area contributed by atoms with Crippen LogP contribution in [0.5, 0.6) is 0 Å². The van der Waals surface area contributed by atoms with Crippen molar-refractivity contribution in [2.75, 3.05) is 11.1 Å². The lowest BCUT2D eigenvalue weighted by Crippen LogP contribution is -2.19. The third-order valence-electron chi connectivity index (χ3n) is 4.25. The summed E-state index contributed by atoms with van der Waals surface area (Å²) in [6.45, 7) is 3.66. The summed E-state index contributed by atoms with van der Waals surface area (Å²) in [7, 11) is -3.79. The van der Waals surface area contributed by atoms with Crippen LogP contribution in [0.2, 0.25) is 0 Å². The number of amides is 1. The summed E-state index contributed by atoms with van der Waals surface area (Å²) in [6.07, 6.45) is 6.14. The predicted octanol–water partition coefficient (Wildman–Crippen LogP) is 2.96. The van der Waals surface area contributed by atoms with Crippen molar-refractivity contribution in [3.05, 3.63) is 23.3 Å². The fourth-order valence-electron chi connectivity index (χ4n) is 2.73. The molecule has 1 aliphatic carbocycles.